The zero-order chi connectivity index (χ0) is 94.7. The molecule has 6 aliphatic rings. The van der Waals surface area contributed by atoms with Crippen LogP contribution in [0.5, 0.6) is 28.7 Å². The van der Waals surface area contributed by atoms with Crippen LogP contribution >= 0.6 is 0 Å². The Morgan fingerprint density at radius 1 is 0.356 bits per heavy atom. The van der Waals surface area contributed by atoms with E-state index in [4.69, 9.17) is 27.7 Å². The van der Waals surface area contributed by atoms with Crippen LogP contribution in [0.25, 0.3) is 55.5 Å². The molecule has 1 N–H and O–H groups in total. The summed E-state index contributed by atoms with van der Waals surface area (Å²) in [4.78, 5) is 28.7. The summed E-state index contributed by atoms with van der Waals surface area (Å²) >= 11 is 0. The van der Waals surface area contributed by atoms with Crippen LogP contribution in [-0.4, -0.2) is 175 Å². The van der Waals surface area contributed by atoms with Crippen LogP contribution in [0.1, 0.15) is 102 Å². The summed E-state index contributed by atoms with van der Waals surface area (Å²) in [7, 11) is -21.5. The van der Waals surface area contributed by atoms with Crippen molar-refractivity contribution in [1.82, 2.24) is 34.1 Å². The summed E-state index contributed by atoms with van der Waals surface area (Å²) < 4.78 is 187. The number of hydrogen-bond acceptors (Lipinski definition) is 14. The van der Waals surface area contributed by atoms with Crippen molar-refractivity contribution in [1.29, 1.82) is 0 Å². The lowest BCUT2D eigenvalue weighted by atomic mass is 9.96. The molecule has 37 heteroatoms. The van der Waals surface area contributed by atoms with Crippen LogP contribution < -0.4 is 42.9 Å². The summed E-state index contributed by atoms with van der Waals surface area (Å²) in [5, 5.41) is 0. The Morgan fingerprint density at radius 3 is 1.22 bits per heavy atom. The highest BCUT2D eigenvalue weighted by atomic mass is 19.3. The van der Waals surface area contributed by atoms with Crippen LogP contribution in [0.2, 0.25) is 0 Å². The summed E-state index contributed by atoms with van der Waals surface area (Å²) in [6.45, 7) is 25.0. The third-order valence-electron chi connectivity index (χ3n) is 24.2. The number of rotatable bonds is 20. The van der Waals surface area contributed by atoms with Crippen molar-refractivity contribution in [3.8, 4) is 34.4 Å². The van der Waals surface area contributed by atoms with Crippen molar-refractivity contribution in [2.75, 3.05) is 72.0 Å². The van der Waals surface area contributed by atoms with E-state index in [9.17, 15) is 25.9 Å². The van der Waals surface area contributed by atoms with Crippen LogP contribution in [0.3, 0.4) is 0 Å². The molecule has 0 saturated carbocycles. The minimum Gasteiger partial charge on any atom is -0.630 e. The van der Waals surface area contributed by atoms with E-state index in [0.717, 1.165) is 127 Å². The van der Waals surface area contributed by atoms with E-state index in [0.29, 0.717) is 77.7 Å². The largest absolute Gasteiger partial charge is 0.834 e. The lowest BCUT2D eigenvalue weighted by Gasteiger charge is -2.33. The Morgan fingerprint density at radius 2 is 0.741 bits per heavy atom. The van der Waals surface area contributed by atoms with E-state index < -0.39 is 35.2 Å². The van der Waals surface area contributed by atoms with Gasteiger partial charge in [0.1, 0.15) is 28.5 Å². The zero-order valence-electron chi connectivity index (χ0n) is 75.7. The number of fused-ring (bicyclic) bond motifs is 9. The fraction of sp³-hybridized carbons (Fsp3) is 0.194. The number of anilines is 4. The Labute approximate surface area is 773 Å². The maximum absolute atomic E-state index is 15.4. The second-order valence-corrected chi connectivity index (χ2v) is 32.3. The molecular formula is C98H97B5F10N16O6. The Kier molecular flexibility index (Phi) is 26.0. The number of H-pyrrole nitrogens is 1. The predicted octanol–water partition coefficient (Wildman–Crippen LogP) is 22.5. The maximum atomic E-state index is 15.4. The summed E-state index contributed by atoms with van der Waals surface area (Å²) in [6.07, 6.45) is 13.9. The molecule has 0 saturated heterocycles. The van der Waals surface area contributed by atoms with Crippen molar-refractivity contribution in [2.45, 2.75) is 75.3 Å². The molecule has 0 bridgehead atoms. The normalized spacial score (nSPS) is 15.5. The van der Waals surface area contributed by atoms with E-state index >= 15 is 17.3 Å². The fourth-order valence-electron chi connectivity index (χ4n) is 17.1. The van der Waals surface area contributed by atoms with Gasteiger partial charge >= 0.3 is 59.0 Å². The smallest absolute Gasteiger partial charge is 0.630 e. The number of nitrogens with zero attached hydrogens (tertiary/aromatic N) is 15. The number of aryl methyl sites for hydroxylation is 1. The molecule has 135 heavy (non-hydrogen) atoms. The Balaban J connectivity index is 0.000000118. The van der Waals surface area contributed by atoms with Gasteiger partial charge < -0.3 is 108 Å². The van der Waals surface area contributed by atoms with E-state index in [1.807, 2.05) is 220 Å². The highest BCUT2D eigenvalue weighted by Crippen LogP contribution is 2.43. The van der Waals surface area contributed by atoms with Crippen molar-refractivity contribution in [3.05, 3.63) is 300 Å². The van der Waals surface area contributed by atoms with Crippen molar-refractivity contribution in [3.63, 3.8) is 0 Å². The molecule has 5 aliphatic heterocycles. The first-order valence-electron chi connectivity index (χ1n) is 45.2. The molecule has 690 valence electrons. The van der Waals surface area contributed by atoms with Crippen molar-refractivity contribution in [2.24, 2.45) is 0 Å². The molecule has 0 spiro atoms. The summed E-state index contributed by atoms with van der Waals surface area (Å²) in [6, 6.07) is 73.8. The lowest BCUT2D eigenvalue weighted by Crippen LogP contribution is -2.47. The van der Waals surface area contributed by atoms with Gasteiger partial charge in [-0.25, -0.2) is 9.55 Å². The Bertz CT molecular complexity index is 6950. The average Bonchev–Trinajstić information content (AvgIpc) is 1.50. The van der Waals surface area contributed by atoms with Gasteiger partial charge in [-0.1, -0.05) is 124 Å². The quantitative estimate of drug-likeness (QED) is 0.0566. The first-order chi connectivity index (χ1) is 65.2. The number of benzene rings is 11. The minimum atomic E-state index is -4.39. The molecule has 0 amide bonds. The molecule has 0 radical (unpaired) electrons. The second-order valence-electron chi connectivity index (χ2n) is 32.3. The van der Waals surface area contributed by atoms with E-state index in [1.54, 1.807) is 118 Å². The van der Waals surface area contributed by atoms with Gasteiger partial charge in [0.25, 0.3) is 0 Å². The predicted molar refractivity (Wildman–Crippen MR) is 520 cm³/mol. The van der Waals surface area contributed by atoms with E-state index in [2.05, 4.69) is 44.5 Å². The van der Waals surface area contributed by atoms with Gasteiger partial charge in [0.15, 0.2) is 27.8 Å². The second kappa shape index (κ2) is 38.3. The Hall–Kier alpha value is -15.0. The number of aromatic nitrogens is 7. The molecule has 0 unspecified atom stereocenters. The van der Waals surface area contributed by atoms with Crippen molar-refractivity contribution < 1.29 is 93.3 Å². The highest BCUT2D eigenvalue weighted by molar-refractivity contribution is 6.55. The monoisotopic (exact) mass is 1840 g/mol. The third-order valence-corrected chi connectivity index (χ3v) is 24.2. The molecule has 9 heterocycles. The molecule has 0 fully saturated rings. The highest BCUT2D eigenvalue weighted by Gasteiger charge is 2.52. The van der Waals surface area contributed by atoms with Gasteiger partial charge in [0.2, 0.25) is 5.52 Å². The zero-order valence-corrected chi connectivity index (χ0v) is 75.7. The number of imidazole rings is 3. The number of para-hydroxylation sites is 10. The fourth-order valence-corrected chi connectivity index (χ4v) is 17.1. The molecule has 11 aromatic carbocycles. The molecule has 21 rings (SSSR count). The molecule has 0 atom stereocenters. The van der Waals surface area contributed by atoms with Crippen molar-refractivity contribution >= 4 is 168 Å². The van der Waals surface area contributed by atoms with Crippen LogP contribution in [-0.2, 0) is 6.54 Å². The first-order valence-corrected chi connectivity index (χ1v) is 45.2. The average molecular weight is 1840 g/mol. The molecular weight excluding hydrogens is 1740 g/mol. The van der Waals surface area contributed by atoms with E-state index in [-0.39, 0.29) is 52.6 Å². The lowest BCUT2D eigenvalue weighted by molar-refractivity contribution is -0.365. The third kappa shape index (κ3) is 18.8. The van der Waals surface area contributed by atoms with Gasteiger partial charge in [-0.2, -0.15) is 4.57 Å². The van der Waals surface area contributed by atoms with Gasteiger partial charge in [-0.3, -0.25) is 4.49 Å². The summed E-state index contributed by atoms with van der Waals surface area (Å²) in [5.41, 5.74) is 14.8. The SMILES string of the molecule is CCN(CC)c1ccc2c(c1)O[B-](F)(F)[N+](c1nc3ccccc3[nH]1)=C2.CCN(CC)c1ccc2c(c1)O[B-](F)(F)[N+](c1nc3ccccc3n1-c1ccccc1)=C2.CCN(CC)c1ccc2c(c1)O[B-](F)(F)[N+](c1nc3ccccc3n1CC)=C2.CCN(CC)c1ccc2c(c1)O[B-](F)(F)[N+](c1nc3ccccc3o1)=C2.F[B-]1(F)Oc2cc(C3=CC=CC3)ccc2C=[N+]1c1ccccc1. The molecule has 15 aromatic rings. The van der Waals surface area contributed by atoms with E-state index in [1.165, 1.54) is 31.1 Å². The standard InChI is InChI=1S/C24H23BF2N4O.C20H23BF2N4O.C18H19BF2N4O.C18H18BF2N3O2.C18H14BF2NO/c1-3-29(4-2)20-15-14-18-17-30(25(26,27)32-23(18)16-20)24-28-21-12-8-9-13-22(21)31(24)19-10-6-5-7-11-19;1-4-25(5-2)16-12-11-15-14-27(21(22,23)28-19(15)13-16)20-24-17-9-7-8-10-18(17)26(20)6-3;1-3-24(4-2)14-10-9-13-12-25(19(20,21)26-17(13)11-14)18-22-15-7-5-6-8-16(15)23-18;1-3-23(4-2)14-10-9-13-12-24(19(20,21)26-17(13)11-14)18-22-15-7-5-6-8-16(15)25-18;20-19(21)22(17-8-2-1-3-9-17)13-16-11-10-15(12-18(16)23-19)14-6-4-5-7-14/h5-17H,3-4H2,1-2H3;7-14H,4-6H2,1-3H3;5-12H,3-4H2,1-2H3,(H,22,23);5-12H,3-4H2,1-2H3;1-6,8-13H,7H2. The van der Waals surface area contributed by atoms with Gasteiger partial charge in [-0.05, 0) is 230 Å². The first kappa shape index (κ1) is 91.8. The van der Waals surface area contributed by atoms with Gasteiger partial charge in [0.05, 0.1) is 47.1 Å². The van der Waals surface area contributed by atoms with Gasteiger partial charge in [-0.15, -0.1) is 0 Å². The number of aromatic amines is 1. The van der Waals surface area contributed by atoms with Crippen LogP contribution in [0, 0.1) is 0 Å². The molecule has 4 aromatic heterocycles. The number of oxazole rings is 1. The number of nitrogens with one attached hydrogen (secondary N) is 1. The van der Waals surface area contributed by atoms with Crippen LogP contribution in [0.15, 0.2) is 271 Å². The topological polar surface area (TPSA) is 165 Å². The number of hydrogen-bond donors (Lipinski definition) is 1. The minimum absolute atomic E-state index is 0.0645. The van der Waals surface area contributed by atoms with Gasteiger partial charge in [0, 0.05) is 128 Å². The number of halogens is 10. The molecule has 1 aliphatic carbocycles. The summed E-state index contributed by atoms with van der Waals surface area (Å²) in [5.74, 6) is 1.32. The maximum Gasteiger partial charge on any atom is 0.834 e. The molecule has 22 nitrogen and oxygen atoms in total. The van der Waals surface area contributed by atoms with Crippen LogP contribution in [0.4, 0.5) is 95.5 Å². The number of allylic oxidation sites excluding steroid dienone is 4.